The van der Waals surface area contributed by atoms with Gasteiger partial charge in [0.2, 0.25) is 10.0 Å². The highest BCUT2D eigenvalue weighted by molar-refractivity contribution is 7.89. The maximum Gasteiger partial charge on any atom is 0.256 e. The highest BCUT2D eigenvalue weighted by atomic mass is 32.2. The molecule has 8 heteroatoms. The number of hydrogen-bond donors (Lipinski definition) is 1. The van der Waals surface area contributed by atoms with Gasteiger partial charge in [-0.15, -0.1) is 0 Å². The van der Waals surface area contributed by atoms with Crippen LogP contribution in [-0.2, 0) is 10.0 Å². The number of piperidine rings is 1. The fourth-order valence-corrected chi connectivity index (χ4v) is 6.08. The minimum Gasteiger partial charge on any atom is -0.307 e. The molecule has 1 aromatic carbocycles. The molecule has 0 spiro atoms. The van der Waals surface area contributed by atoms with Crippen LogP contribution in [0.2, 0.25) is 0 Å². The van der Waals surface area contributed by atoms with Gasteiger partial charge in [-0.05, 0) is 56.9 Å². The average molecular weight is 417 g/mol. The summed E-state index contributed by atoms with van der Waals surface area (Å²) in [6.07, 6.45) is 9.05. The van der Waals surface area contributed by atoms with Crippen molar-refractivity contribution in [3.63, 3.8) is 0 Å². The first-order valence-electron chi connectivity index (χ1n) is 10.4. The molecular formula is C21H28N4O3S. The van der Waals surface area contributed by atoms with E-state index in [1.165, 1.54) is 25.0 Å². The highest BCUT2D eigenvalue weighted by Crippen LogP contribution is 2.31. The van der Waals surface area contributed by atoms with E-state index in [1.54, 1.807) is 28.7 Å². The Morgan fingerprint density at radius 2 is 1.72 bits per heavy atom. The van der Waals surface area contributed by atoms with Crippen LogP contribution in [0.15, 0.2) is 41.4 Å². The Morgan fingerprint density at radius 3 is 2.41 bits per heavy atom. The summed E-state index contributed by atoms with van der Waals surface area (Å²) in [5.41, 5.74) is 0.426. The molecule has 1 atom stereocenters. The fourth-order valence-electron chi connectivity index (χ4n) is 4.38. The van der Waals surface area contributed by atoms with Gasteiger partial charge in [0.1, 0.15) is 5.82 Å². The van der Waals surface area contributed by atoms with E-state index in [9.17, 15) is 13.2 Å². The van der Waals surface area contributed by atoms with Crippen molar-refractivity contribution in [2.75, 3.05) is 11.9 Å². The highest BCUT2D eigenvalue weighted by Gasteiger charge is 2.31. The van der Waals surface area contributed by atoms with Crippen LogP contribution in [0.25, 0.3) is 0 Å². The number of nitrogens with one attached hydrogen (secondary N) is 1. The summed E-state index contributed by atoms with van der Waals surface area (Å²) < 4.78 is 29.3. The second-order valence-corrected chi connectivity index (χ2v) is 9.93. The van der Waals surface area contributed by atoms with Gasteiger partial charge in [0.15, 0.2) is 0 Å². The molecule has 1 N–H and O–H groups in total. The Hall–Kier alpha value is -2.19. The molecule has 2 fully saturated rings. The third-order valence-electron chi connectivity index (χ3n) is 6.05. The van der Waals surface area contributed by atoms with Crippen LogP contribution in [0, 0.1) is 0 Å². The topological polar surface area (TPSA) is 84.3 Å². The van der Waals surface area contributed by atoms with E-state index >= 15 is 0 Å². The first kappa shape index (κ1) is 20.1. The number of aromatic nitrogens is 2. The van der Waals surface area contributed by atoms with Crippen LogP contribution in [0.1, 0.15) is 68.3 Å². The molecule has 2 heterocycles. The van der Waals surface area contributed by atoms with Gasteiger partial charge in [-0.2, -0.15) is 9.40 Å². The monoisotopic (exact) mass is 416 g/mol. The molecule has 0 radical (unpaired) electrons. The molecule has 1 aromatic heterocycles. The van der Waals surface area contributed by atoms with Crippen molar-refractivity contribution in [1.82, 2.24) is 14.1 Å². The van der Waals surface area contributed by atoms with E-state index in [0.717, 1.165) is 32.1 Å². The maximum absolute atomic E-state index is 12.9. The van der Waals surface area contributed by atoms with E-state index in [1.807, 2.05) is 11.6 Å². The fraction of sp³-hybridized carbons (Fsp3) is 0.524. The molecular weight excluding hydrogens is 388 g/mol. The van der Waals surface area contributed by atoms with Crippen LogP contribution in [0.4, 0.5) is 5.82 Å². The Labute approximate surface area is 172 Å². The van der Waals surface area contributed by atoms with Gasteiger partial charge < -0.3 is 5.32 Å². The van der Waals surface area contributed by atoms with Crippen molar-refractivity contribution < 1.29 is 13.2 Å². The van der Waals surface area contributed by atoms with E-state index < -0.39 is 10.0 Å². The molecule has 1 aliphatic heterocycles. The Kier molecular flexibility index (Phi) is 5.74. The van der Waals surface area contributed by atoms with Crippen molar-refractivity contribution in [1.29, 1.82) is 0 Å². The zero-order valence-electron chi connectivity index (χ0n) is 16.8. The van der Waals surface area contributed by atoms with Crippen LogP contribution in [0.5, 0.6) is 0 Å². The number of nitrogens with zero attached hydrogens (tertiary/aromatic N) is 3. The quantitative estimate of drug-likeness (QED) is 0.803. The summed E-state index contributed by atoms with van der Waals surface area (Å²) in [7, 11) is -3.53. The van der Waals surface area contributed by atoms with Crippen molar-refractivity contribution >= 4 is 21.7 Å². The van der Waals surface area contributed by atoms with Crippen molar-refractivity contribution in [3.05, 3.63) is 42.1 Å². The molecule has 7 nitrogen and oxygen atoms in total. The first-order chi connectivity index (χ1) is 14.0. The van der Waals surface area contributed by atoms with Gasteiger partial charge in [0.25, 0.3) is 5.91 Å². The molecule has 2 aliphatic rings. The smallest absolute Gasteiger partial charge is 0.256 e. The largest absolute Gasteiger partial charge is 0.307 e. The zero-order valence-corrected chi connectivity index (χ0v) is 17.6. The number of amides is 1. The minimum absolute atomic E-state index is 0.00704. The number of benzene rings is 1. The van der Waals surface area contributed by atoms with Crippen LogP contribution in [0.3, 0.4) is 0 Å². The second kappa shape index (κ2) is 8.28. The van der Waals surface area contributed by atoms with Gasteiger partial charge in [0, 0.05) is 24.2 Å². The van der Waals surface area contributed by atoms with Gasteiger partial charge in [-0.3, -0.25) is 4.79 Å². The van der Waals surface area contributed by atoms with Crippen molar-refractivity contribution in [2.45, 2.75) is 68.8 Å². The lowest BCUT2D eigenvalue weighted by molar-refractivity contribution is 0.102. The van der Waals surface area contributed by atoms with Gasteiger partial charge >= 0.3 is 0 Å². The summed E-state index contributed by atoms with van der Waals surface area (Å²) in [6, 6.07) is 8.35. The van der Waals surface area contributed by atoms with Crippen molar-refractivity contribution in [3.8, 4) is 0 Å². The first-order valence-corrected chi connectivity index (χ1v) is 11.9. The third kappa shape index (κ3) is 4.09. The van der Waals surface area contributed by atoms with Crippen LogP contribution < -0.4 is 5.32 Å². The second-order valence-electron chi connectivity index (χ2n) is 8.04. The molecule has 1 aliphatic carbocycles. The SMILES string of the molecule is CC1CCCCN1S(=O)(=O)c1ccc(C(=O)Nc2ccnn2C2CCCC2)cc1. The lowest BCUT2D eigenvalue weighted by Crippen LogP contribution is -2.41. The lowest BCUT2D eigenvalue weighted by atomic mass is 10.1. The molecule has 29 heavy (non-hydrogen) atoms. The summed E-state index contributed by atoms with van der Waals surface area (Å²) in [5.74, 6) is 0.417. The van der Waals surface area contributed by atoms with E-state index in [0.29, 0.717) is 24.0 Å². The molecule has 1 saturated carbocycles. The summed E-state index contributed by atoms with van der Waals surface area (Å²) in [5, 5.41) is 7.28. The number of anilines is 1. The maximum atomic E-state index is 12.9. The molecule has 0 bridgehead atoms. The standard InChI is InChI=1S/C21H28N4O3S/c1-16-6-4-5-15-24(16)29(27,28)19-11-9-17(10-12-19)21(26)23-20-13-14-22-25(20)18-7-2-3-8-18/h9-14,16,18H,2-8,15H2,1H3,(H,23,26). The Balaban J connectivity index is 1.48. The van der Waals surface area contributed by atoms with Gasteiger partial charge in [-0.1, -0.05) is 19.3 Å². The number of sulfonamides is 1. The average Bonchev–Trinajstić information content (AvgIpc) is 3.40. The number of rotatable bonds is 5. The predicted octanol–water partition coefficient (Wildman–Crippen LogP) is 3.81. The number of carbonyl (C=O) groups excluding carboxylic acids is 1. The predicted molar refractivity (Wildman–Crippen MR) is 111 cm³/mol. The van der Waals surface area contributed by atoms with E-state index in [4.69, 9.17) is 0 Å². The van der Waals surface area contributed by atoms with Gasteiger partial charge in [0.05, 0.1) is 17.1 Å². The minimum atomic E-state index is -3.53. The lowest BCUT2D eigenvalue weighted by Gasteiger charge is -2.32. The molecule has 156 valence electrons. The number of hydrogen-bond acceptors (Lipinski definition) is 4. The van der Waals surface area contributed by atoms with Gasteiger partial charge in [-0.25, -0.2) is 13.1 Å². The van der Waals surface area contributed by atoms with E-state index in [-0.39, 0.29) is 16.8 Å². The zero-order chi connectivity index (χ0) is 20.4. The van der Waals surface area contributed by atoms with Crippen LogP contribution in [-0.4, -0.2) is 41.0 Å². The molecule has 1 saturated heterocycles. The normalized spacial score (nSPS) is 21.3. The molecule has 4 rings (SSSR count). The molecule has 1 unspecified atom stereocenters. The van der Waals surface area contributed by atoms with Crippen molar-refractivity contribution in [2.24, 2.45) is 0 Å². The summed E-state index contributed by atoms with van der Waals surface area (Å²) in [4.78, 5) is 12.9. The summed E-state index contributed by atoms with van der Waals surface area (Å²) >= 11 is 0. The molecule has 1 amide bonds. The Bertz CT molecular complexity index is 962. The summed E-state index contributed by atoms with van der Waals surface area (Å²) in [6.45, 7) is 2.50. The number of carbonyl (C=O) groups is 1. The van der Waals surface area contributed by atoms with E-state index in [2.05, 4.69) is 10.4 Å². The third-order valence-corrected chi connectivity index (χ3v) is 8.08. The van der Waals surface area contributed by atoms with Crippen LogP contribution >= 0.6 is 0 Å². The Morgan fingerprint density at radius 1 is 1.03 bits per heavy atom. The molecule has 2 aromatic rings.